The Kier molecular flexibility index (Phi) is 6.23. The molecule has 0 aromatic heterocycles. The molecule has 3 unspecified atom stereocenters. The first-order chi connectivity index (χ1) is 14.2. The minimum absolute atomic E-state index is 0.143. The van der Waals surface area contributed by atoms with Crippen LogP contribution in [0.15, 0.2) is 36.4 Å². The molecular weight excluding hydrogens is 384 g/mol. The number of ether oxygens (including phenoxy) is 2. The number of para-hydroxylation sites is 1. The first kappa shape index (κ1) is 20.4. The van der Waals surface area contributed by atoms with Gasteiger partial charge in [0.05, 0.1) is 18.6 Å². The van der Waals surface area contributed by atoms with Crippen LogP contribution >= 0.6 is 11.8 Å². The highest BCUT2D eigenvalue weighted by atomic mass is 32.2. The van der Waals surface area contributed by atoms with Gasteiger partial charge in [-0.15, -0.1) is 11.8 Å². The summed E-state index contributed by atoms with van der Waals surface area (Å²) in [5.74, 6) is 2.68. The fourth-order valence-electron chi connectivity index (χ4n) is 4.56. The molecule has 1 saturated heterocycles. The van der Waals surface area contributed by atoms with E-state index in [0.29, 0.717) is 13.2 Å². The van der Waals surface area contributed by atoms with Gasteiger partial charge >= 0.3 is 0 Å². The molecule has 6 heteroatoms. The number of hydrogen-bond acceptors (Lipinski definition) is 6. The lowest BCUT2D eigenvalue weighted by atomic mass is 9.84. The first-order valence-electron chi connectivity index (χ1n) is 10.4. The van der Waals surface area contributed by atoms with Gasteiger partial charge in [0.15, 0.2) is 11.5 Å². The van der Waals surface area contributed by atoms with Crippen LogP contribution in [0, 0.1) is 5.92 Å². The fourth-order valence-corrected chi connectivity index (χ4v) is 6.10. The third kappa shape index (κ3) is 3.81. The number of hydrogen-bond donors (Lipinski definition) is 2. The van der Waals surface area contributed by atoms with Crippen molar-refractivity contribution in [3.63, 3.8) is 0 Å². The predicted molar refractivity (Wildman–Crippen MR) is 119 cm³/mol. The molecule has 3 N–H and O–H groups in total. The molecule has 3 atom stereocenters. The van der Waals surface area contributed by atoms with Crippen LogP contribution in [0.2, 0.25) is 0 Å². The van der Waals surface area contributed by atoms with Gasteiger partial charge in [-0.1, -0.05) is 18.2 Å². The summed E-state index contributed by atoms with van der Waals surface area (Å²) in [7, 11) is 0. The van der Waals surface area contributed by atoms with Gasteiger partial charge in [-0.2, -0.15) is 0 Å². The monoisotopic (exact) mass is 414 g/mol. The summed E-state index contributed by atoms with van der Waals surface area (Å²) < 4.78 is 11.7. The van der Waals surface area contributed by atoms with E-state index in [4.69, 9.17) is 15.2 Å². The van der Waals surface area contributed by atoms with Gasteiger partial charge in [0.25, 0.3) is 0 Å². The summed E-state index contributed by atoms with van der Waals surface area (Å²) in [6.45, 7) is 6.28. The lowest BCUT2D eigenvalue weighted by molar-refractivity contribution is 0.0804. The zero-order valence-corrected chi connectivity index (χ0v) is 18.0. The second kappa shape index (κ2) is 8.86. The average molecular weight is 415 g/mol. The number of nitrogen functional groups attached to an aromatic ring is 1. The summed E-state index contributed by atoms with van der Waals surface area (Å²) in [5, 5.41) is 10.4. The number of aliphatic hydroxyl groups is 1. The summed E-state index contributed by atoms with van der Waals surface area (Å²) >= 11 is 1.88. The molecule has 2 aromatic rings. The number of aliphatic hydroxyl groups excluding tert-OH is 1. The molecule has 29 heavy (non-hydrogen) atoms. The van der Waals surface area contributed by atoms with Crippen LogP contribution in [0.1, 0.15) is 42.0 Å². The molecule has 2 heterocycles. The molecule has 2 aliphatic heterocycles. The Hall–Kier alpha value is -1.89. The smallest absolute Gasteiger partial charge is 0.161 e. The number of nitrogens with two attached hydrogens (primary N) is 1. The van der Waals surface area contributed by atoms with Gasteiger partial charge in [-0.3, -0.25) is 4.90 Å². The summed E-state index contributed by atoms with van der Waals surface area (Å²) in [6.07, 6.45) is 0.945. The minimum Gasteiger partial charge on any atom is -0.490 e. The van der Waals surface area contributed by atoms with Crippen molar-refractivity contribution in [2.24, 2.45) is 5.92 Å². The van der Waals surface area contributed by atoms with E-state index in [1.807, 2.05) is 37.7 Å². The van der Waals surface area contributed by atoms with Gasteiger partial charge in [0, 0.05) is 42.1 Å². The molecule has 0 spiro atoms. The van der Waals surface area contributed by atoms with Crippen molar-refractivity contribution in [2.75, 3.05) is 37.9 Å². The van der Waals surface area contributed by atoms with Crippen molar-refractivity contribution in [1.82, 2.24) is 4.90 Å². The number of benzene rings is 2. The quantitative estimate of drug-likeness (QED) is 0.696. The van der Waals surface area contributed by atoms with Crippen LogP contribution in [-0.4, -0.2) is 42.1 Å². The molecular formula is C23H30N2O3S. The molecule has 156 valence electrons. The molecule has 2 aliphatic rings. The highest BCUT2D eigenvalue weighted by molar-refractivity contribution is 7.99. The van der Waals surface area contributed by atoms with E-state index in [0.717, 1.165) is 35.9 Å². The van der Waals surface area contributed by atoms with Crippen molar-refractivity contribution >= 4 is 17.4 Å². The van der Waals surface area contributed by atoms with Crippen molar-refractivity contribution in [3.8, 4) is 11.5 Å². The number of rotatable bonds is 6. The van der Waals surface area contributed by atoms with E-state index in [9.17, 15) is 5.11 Å². The highest BCUT2D eigenvalue weighted by Crippen LogP contribution is 2.52. The first-order valence-corrected chi connectivity index (χ1v) is 11.5. The maximum Gasteiger partial charge on any atom is 0.161 e. The van der Waals surface area contributed by atoms with Gasteiger partial charge in [-0.05, 0) is 49.6 Å². The molecule has 5 nitrogen and oxygen atoms in total. The van der Waals surface area contributed by atoms with Crippen molar-refractivity contribution in [1.29, 1.82) is 0 Å². The Morgan fingerprint density at radius 3 is 2.52 bits per heavy atom. The van der Waals surface area contributed by atoms with Crippen LogP contribution in [-0.2, 0) is 6.42 Å². The van der Waals surface area contributed by atoms with Gasteiger partial charge in [0.2, 0.25) is 0 Å². The standard InChI is InChI=1S/C23H30N2O3S/c1-3-27-20-11-15-9-10-25-22(18(15)12-21(20)28-4-2)16(13-26)14-29-23(25)17-7-5-6-8-19(17)24/h5-8,11-12,16,22-23,26H,3-4,9-10,13-14,24H2,1-2H3. The maximum absolute atomic E-state index is 10.2. The Morgan fingerprint density at radius 1 is 1.10 bits per heavy atom. The summed E-state index contributed by atoms with van der Waals surface area (Å²) in [6, 6.07) is 12.6. The highest BCUT2D eigenvalue weighted by Gasteiger charge is 2.42. The Morgan fingerprint density at radius 2 is 1.83 bits per heavy atom. The van der Waals surface area contributed by atoms with Crippen LogP contribution in [0.5, 0.6) is 11.5 Å². The Labute approximate surface area is 177 Å². The zero-order valence-electron chi connectivity index (χ0n) is 17.1. The molecule has 1 fully saturated rings. The average Bonchev–Trinajstić information content (AvgIpc) is 2.74. The third-order valence-corrected chi connectivity index (χ3v) is 7.29. The van der Waals surface area contributed by atoms with E-state index >= 15 is 0 Å². The molecule has 0 bridgehead atoms. The second-order valence-corrected chi connectivity index (χ2v) is 8.67. The number of nitrogens with zero attached hydrogens (tertiary/aromatic N) is 1. The lowest BCUT2D eigenvalue weighted by Gasteiger charge is -2.49. The summed E-state index contributed by atoms with van der Waals surface area (Å²) in [5.41, 5.74) is 10.9. The maximum atomic E-state index is 10.2. The van der Waals surface area contributed by atoms with Crippen molar-refractivity contribution < 1.29 is 14.6 Å². The fraction of sp³-hybridized carbons (Fsp3) is 0.478. The van der Waals surface area contributed by atoms with Gasteiger partial charge in [-0.25, -0.2) is 0 Å². The van der Waals surface area contributed by atoms with Crippen LogP contribution in [0.25, 0.3) is 0 Å². The largest absolute Gasteiger partial charge is 0.490 e. The molecule has 4 rings (SSSR count). The third-order valence-electron chi connectivity index (χ3n) is 5.83. The van der Waals surface area contributed by atoms with E-state index < -0.39 is 0 Å². The van der Waals surface area contributed by atoms with Crippen molar-refractivity contribution in [3.05, 3.63) is 53.1 Å². The van der Waals surface area contributed by atoms with E-state index in [1.165, 1.54) is 16.7 Å². The van der Waals surface area contributed by atoms with Crippen LogP contribution in [0.4, 0.5) is 5.69 Å². The van der Waals surface area contributed by atoms with E-state index in [-0.39, 0.29) is 23.9 Å². The number of anilines is 1. The molecule has 0 radical (unpaired) electrons. The topological polar surface area (TPSA) is 67.9 Å². The Balaban J connectivity index is 1.76. The lowest BCUT2D eigenvalue weighted by Crippen LogP contribution is -2.46. The zero-order chi connectivity index (χ0) is 20.4. The number of thioether (sulfide) groups is 1. The molecule has 0 aliphatic carbocycles. The van der Waals surface area contributed by atoms with E-state index in [2.05, 4.69) is 29.2 Å². The SMILES string of the molecule is CCOc1cc2c(cc1OCC)C1C(CO)CSC(c3ccccc3N)N1CC2. The molecule has 2 aromatic carbocycles. The Bertz CT molecular complexity index is 860. The normalized spacial score (nSPS) is 23.9. The predicted octanol–water partition coefficient (Wildman–Crippen LogP) is 4.02. The van der Waals surface area contributed by atoms with Crippen molar-refractivity contribution in [2.45, 2.75) is 31.7 Å². The summed E-state index contributed by atoms with van der Waals surface area (Å²) in [4.78, 5) is 2.51. The number of fused-ring (bicyclic) bond motifs is 3. The molecule has 0 saturated carbocycles. The van der Waals surface area contributed by atoms with Gasteiger partial charge < -0.3 is 20.3 Å². The van der Waals surface area contributed by atoms with Gasteiger partial charge in [0.1, 0.15) is 0 Å². The second-order valence-electron chi connectivity index (χ2n) is 7.55. The molecule has 0 amide bonds. The van der Waals surface area contributed by atoms with Crippen LogP contribution in [0.3, 0.4) is 0 Å². The van der Waals surface area contributed by atoms with Crippen LogP contribution < -0.4 is 15.2 Å². The minimum atomic E-state index is 0.143. The van der Waals surface area contributed by atoms with E-state index in [1.54, 1.807) is 0 Å².